The summed E-state index contributed by atoms with van der Waals surface area (Å²) in [5, 5.41) is 126. The molecule has 19 nitrogen and oxygen atoms in total. The number of carboxylic acids is 1. The van der Waals surface area contributed by atoms with Crippen LogP contribution in [0.3, 0.4) is 0 Å². The number of hydrogen-bond donors (Lipinski definition) is 12. The van der Waals surface area contributed by atoms with Crippen molar-refractivity contribution < 1.29 is 94.6 Å². The van der Waals surface area contributed by atoms with Crippen LogP contribution in [0, 0.1) is 0 Å². The highest BCUT2D eigenvalue weighted by Crippen LogP contribution is 2.56. The summed E-state index contributed by atoms with van der Waals surface area (Å²) in [6.45, 7) is -2.21. The Balaban J connectivity index is 1.37. The average Bonchev–Trinajstić information content (AvgIpc) is 3.24. The van der Waals surface area contributed by atoms with Gasteiger partial charge in [0.25, 0.3) is 0 Å². The van der Waals surface area contributed by atoms with Crippen LogP contribution >= 0.6 is 0 Å². The van der Waals surface area contributed by atoms with Crippen LogP contribution in [0.4, 0.5) is 0 Å². The molecule has 0 spiro atoms. The zero-order valence-electron chi connectivity index (χ0n) is 31.5. The maximum atomic E-state index is 14.7. The number of aromatic hydroxyl groups is 2. The first-order chi connectivity index (χ1) is 29.1. The van der Waals surface area contributed by atoms with Crippen molar-refractivity contribution in [1.82, 2.24) is 0 Å². The Kier molecular flexibility index (Phi) is 11.1. The third kappa shape index (κ3) is 6.80. The van der Waals surface area contributed by atoms with Gasteiger partial charge in [0, 0.05) is 11.8 Å². The van der Waals surface area contributed by atoms with E-state index in [4.69, 9.17) is 18.9 Å². The first kappa shape index (κ1) is 42.2. The van der Waals surface area contributed by atoms with Gasteiger partial charge >= 0.3 is 5.97 Å². The van der Waals surface area contributed by atoms with Gasteiger partial charge in [-0.2, -0.15) is 0 Å². The molecule has 0 bridgehead atoms. The second-order valence-corrected chi connectivity index (χ2v) is 15.2. The summed E-state index contributed by atoms with van der Waals surface area (Å²) >= 11 is 0. The number of rotatable bonds is 9. The maximum Gasteiger partial charge on any atom is 0.335 e. The van der Waals surface area contributed by atoms with E-state index in [0.29, 0.717) is 0 Å². The predicted octanol–water partition coefficient (Wildman–Crippen LogP) is -1.30. The van der Waals surface area contributed by atoms with E-state index in [1.807, 2.05) is 0 Å². The molecule has 2 aliphatic heterocycles. The fraction of sp³-hybridized carbons (Fsp3) is 0.357. The van der Waals surface area contributed by atoms with Gasteiger partial charge in [-0.3, -0.25) is 9.59 Å². The minimum Gasteiger partial charge on any atom is -0.507 e. The third-order valence-electron chi connectivity index (χ3n) is 11.7. The van der Waals surface area contributed by atoms with Gasteiger partial charge in [-0.05, 0) is 58.1 Å². The molecule has 0 saturated carbocycles. The average molecular weight is 849 g/mol. The molecule has 2 aliphatic carbocycles. The number of aliphatic hydroxyl groups excluding tert-OH is 9. The van der Waals surface area contributed by atoms with Gasteiger partial charge in [0.2, 0.25) is 24.1 Å². The Morgan fingerprint density at radius 3 is 1.43 bits per heavy atom. The van der Waals surface area contributed by atoms with E-state index in [0.717, 1.165) is 18.2 Å². The predicted molar refractivity (Wildman–Crippen MR) is 201 cm³/mol. The highest BCUT2D eigenvalue weighted by atomic mass is 16.7. The molecule has 12 atom stereocenters. The van der Waals surface area contributed by atoms with Crippen LogP contribution in [0.2, 0.25) is 0 Å². The number of fused-ring (bicyclic) bond motifs is 4. The van der Waals surface area contributed by atoms with Crippen molar-refractivity contribution in [2.75, 3.05) is 13.2 Å². The van der Waals surface area contributed by atoms with E-state index in [9.17, 15) is 75.7 Å². The molecule has 4 aromatic carbocycles. The molecular formula is C42H40O19. The topological polar surface area (TPSA) is 331 Å². The van der Waals surface area contributed by atoms with E-state index in [1.165, 1.54) is 42.5 Å². The lowest BCUT2D eigenvalue weighted by Crippen LogP contribution is -2.60. The van der Waals surface area contributed by atoms with Crippen LogP contribution in [-0.2, 0) is 16.1 Å². The number of carbonyl (C=O) groups is 3. The van der Waals surface area contributed by atoms with Crippen LogP contribution in [0.1, 0.15) is 81.9 Å². The molecule has 4 aliphatic rings. The number of hydrogen-bond acceptors (Lipinski definition) is 18. The van der Waals surface area contributed by atoms with E-state index in [2.05, 4.69) is 0 Å². The molecule has 2 fully saturated rings. The molecule has 4 aromatic rings. The second-order valence-electron chi connectivity index (χ2n) is 15.2. The van der Waals surface area contributed by atoms with Gasteiger partial charge in [0.15, 0.2) is 0 Å². The van der Waals surface area contributed by atoms with E-state index >= 15 is 0 Å². The van der Waals surface area contributed by atoms with Crippen molar-refractivity contribution in [3.8, 4) is 23.0 Å². The lowest BCUT2D eigenvalue weighted by molar-refractivity contribution is -0.277. The van der Waals surface area contributed by atoms with Crippen molar-refractivity contribution in [1.29, 1.82) is 0 Å². The van der Waals surface area contributed by atoms with Gasteiger partial charge < -0.3 is 80.2 Å². The fourth-order valence-corrected chi connectivity index (χ4v) is 8.74. The van der Waals surface area contributed by atoms with Crippen LogP contribution in [-0.4, -0.2) is 153 Å². The summed E-state index contributed by atoms with van der Waals surface area (Å²) in [6, 6.07) is 13.1. The molecule has 322 valence electrons. The number of ketones is 2. The molecule has 0 radical (unpaired) electrons. The minimum absolute atomic E-state index is 0.0646. The summed E-state index contributed by atoms with van der Waals surface area (Å²) < 4.78 is 23.1. The van der Waals surface area contributed by atoms with Crippen molar-refractivity contribution in [3.05, 3.63) is 116 Å². The first-order valence-corrected chi connectivity index (χ1v) is 19.0. The Morgan fingerprint density at radius 1 is 0.557 bits per heavy atom. The number of aromatic carboxylic acids is 1. The van der Waals surface area contributed by atoms with E-state index in [-0.39, 0.29) is 56.0 Å². The zero-order chi connectivity index (χ0) is 43.8. The smallest absolute Gasteiger partial charge is 0.335 e. The Bertz CT molecular complexity index is 2410. The molecule has 8 rings (SSSR count). The number of aliphatic hydroxyl groups is 9. The van der Waals surface area contributed by atoms with Gasteiger partial charge in [-0.1, -0.05) is 30.3 Å². The van der Waals surface area contributed by atoms with Gasteiger partial charge in [0.1, 0.15) is 71.8 Å². The monoisotopic (exact) mass is 848 g/mol. The number of ether oxygens (including phenoxy) is 4. The largest absolute Gasteiger partial charge is 0.507 e. The van der Waals surface area contributed by atoms with Gasteiger partial charge in [-0.25, -0.2) is 4.79 Å². The van der Waals surface area contributed by atoms with Crippen molar-refractivity contribution in [2.45, 2.75) is 79.9 Å². The van der Waals surface area contributed by atoms with Gasteiger partial charge in [-0.15, -0.1) is 0 Å². The molecule has 0 aromatic heterocycles. The number of phenols is 2. The quantitative estimate of drug-likeness (QED) is 0.0931. The second kappa shape index (κ2) is 16.0. The highest BCUT2D eigenvalue weighted by molar-refractivity contribution is 6.18. The van der Waals surface area contributed by atoms with E-state index < -0.39 is 133 Å². The molecule has 61 heavy (non-hydrogen) atoms. The van der Waals surface area contributed by atoms with Crippen LogP contribution in [0.15, 0.2) is 60.7 Å². The number of carbonyl (C=O) groups excluding carboxylic acids is 2. The lowest BCUT2D eigenvalue weighted by Gasteiger charge is -2.41. The molecule has 2 heterocycles. The van der Waals surface area contributed by atoms with Crippen molar-refractivity contribution >= 4 is 17.5 Å². The number of carboxylic acid groups (broad SMARTS) is 1. The van der Waals surface area contributed by atoms with Crippen molar-refractivity contribution in [3.63, 3.8) is 0 Å². The summed E-state index contributed by atoms with van der Waals surface area (Å²) in [6.07, 6.45) is -17.4. The van der Waals surface area contributed by atoms with Crippen LogP contribution in [0.25, 0.3) is 0 Å². The summed E-state index contributed by atoms with van der Waals surface area (Å²) in [5.41, 5.74) is -1.30. The van der Waals surface area contributed by atoms with Crippen molar-refractivity contribution in [2.24, 2.45) is 0 Å². The molecule has 2 saturated heterocycles. The standard InChI is InChI=1S/C42H40O19/c43-11-14-7-18-26(16-3-1-5-22(30(16)34(50)28(18)20(46)8-14)58-41-38(54)36(52)32(48)24(12-44)60-41)27-17-4-2-6-23(59-42-39(55)37(53)33(49)25(13-45)61-42)31(17)35(51)29-19(27)9-15(40(56)57)10-21(29)47/h1-10,24-27,32-33,36-39,41-49,52-55H,11-13H2,(H,56,57)/t24-,25-,26+,27+,32-,33-,36+,37+,38-,39-,41-,42-/m1/s1. The summed E-state index contributed by atoms with van der Waals surface area (Å²) in [7, 11) is 0. The van der Waals surface area contributed by atoms with E-state index in [1.54, 1.807) is 0 Å². The number of benzene rings is 4. The summed E-state index contributed by atoms with van der Waals surface area (Å²) in [5.74, 6) is -7.67. The molecule has 0 unspecified atom stereocenters. The van der Waals surface area contributed by atoms with Crippen LogP contribution < -0.4 is 9.47 Å². The fourth-order valence-electron chi connectivity index (χ4n) is 8.74. The molecule has 12 N–H and O–H groups in total. The Labute approximate surface area is 344 Å². The Morgan fingerprint density at radius 2 is 1.00 bits per heavy atom. The zero-order valence-corrected chi connectivity index (χ0v) is 31.5. The third-order valence-corrected chi connectivity index (χ3v) is 11.7. The molecule has 19 heteroatoms. The maximum absolute atomic E-state index is 14.7. The van der Waals surface area contributed by atoms with Crippen LogP contribution in [0.5, 0.6) is 23.0 Å². The number of phenolic OH excluding ortho intramolecular Hbond substituents is 2. The molecule has 0 amide bonds. The normalized spacial score (nSPS) is 30.4. The molecular weight excluding hydrogens is 808 g/mol. The Hall–Kier alpha value is -5.55. The summed E-state index contributed by atoms with van der Waals surface area (Å²) in [4.78, 5) is 41.8. The first-order valence-electron chi connectivity index (χ1n) is 19.0. The highest BCUT2D eigenvalue weighted by Gasteiger charge is 2.50. The van der Waals surface area contributed by atoms with Gasteiger partial charge in [0.05, 0.1) is 47.6 Å². The lowest BCUT2D eigenvalue weighted by atomic mass is 9.63. The SMILES string of the molecule is O=C(O)c1cc(O)c2c(c1)[C@@H]([C@@H]1c3cc(CO)cc(O)c3C(=O)c3c(O[C@@H]4O[C@H](CO)[C@@H](O)[C@H](O)[C@H]4O)cccc31)c1cccc(O[C@@H]3O[C@H](CO)[C@@H](O)[C@H](O)[C@H]3O)c1C2=O. The minimum atomic E-state index is -1.91.